The number of aliphatic carboxylic acids is 1. The number of carboxylic acids is 1. The van der Waals surface area contributed by atoms with Crippen molar-refractivity contribution in [2.45, 2.75) is 31.2 Å². The van der Waals surface area contributed by atoms with Gasteiger partial charge in [-0.05, 0) is 6.42 Å². The first kappa shape index (κ1) is 14.7. The van der Waals surface area contributed by atoms with Crippen LogP contribution in [0.1, 0.15) is 19.0 Å². The molecule has 0 aromatic carbocycles. The van der Waals surface area contributed by atoms with Crippen LogP contribution in [0, 0.1) is 0 Å². The molecule has 1 fully saturated rings. The van der Waals surface area contributed by atoms with Gasteiger partial charge in [0.15, 0.2) is 0 Å². The summed E-state index contributed by atoms with van der Waals surface area (Å²) < 4.78 is 0. The molecule has 2 atom stereocenters. The Morgan fingerprint density at radius 1 is 1.65 bits per heavy atom. The van der Waals surface area contributed by atoms with Crippen LogP contribution in [-0.2, 0) is 11.2 Å². The van der Waals surface area contributed by atoms with Gasteiger partial charge in [-0.25, -0.2) is 14.6 Å². The molecule has 2 unspecified atom stereocenters. The molecular weight excluding hydrogens is 280 g/mol. The highest BCUT2D eigenvalue weighted by molar-refractivity contribution is 8.00. The Kier molecular flexibility index (Phi) is 4.89. The number of nitrogens with one attached hydrogen (secondary N) is 2. The number of thioether (sulfide) groups is 1. The largest absolute Gasteiger partial charge is 0.480 e. The molecule has 1 aliphatic rings. The zero-order valence-electron chi connectivity index (χ0n) is 11.2. The van der Waals surface area contributed by atoms with E-state index in [1.54, 1.807) is 12.5 Å². The van der Waals surface area contributed by atoms with E-state index >= 15 is 0 Å². The molecule has 110 valence electrons. The molecule has 1 aromatic rings. The monoisotopic (exact) mass is 298 g/mol. The summed E-state index contributed by atoms with van der Waals surface area (Å²) in [6.07, 6.45) is 4.66. The summed E-state index contributed by atoms with van der Waals surface area (Å²) in [5, 5.41) is 11.9. The average molecular weight is 298 g/mol. The third-order valence-electron chi connectivity index (χ3n) is 3.19. The Labute approximate surface area is 121 Å². The zero-order valence-corrected chi connectivity index (χ0v) is 12.0. The highest BCUT2D eigenvalue weighted by Gasteiger charge is 2.40. The number of aromatic amines is 1. The van der Waals surface area contributed by atoms with Gasteiger partial charge in [0, 0.05) is 30.6 Å². The van der Waals surface area contributed by atoms with Gasteiger partial charge in [0.1, 0.15) is 6.04 Å². The van der Waals surface area contributed by atoms with Gasteiger partial charge in [-0.2, -0.15) is 0 Å². The topological polar surface area (TPSA) is 98.3 Å². The van der Waals surface area contributed by atoms with Crippen LogP contribution in [0.3, 0.4) is 0 Å². The fourth-order valence-corrected chi connectivity index (χ4v) is 3.50. The minimum Gasteiger partial charge on any atom is -0.480 e. The zero-order chi connectivity index (χ0) is 14.5. The molecular formula is C12H18N4O3S. The molecule has 8 heteroatoms. The van der Waals surface area contributed by atoms with Gasteiger partial charge < -0.3 is 15.4 Å². The van der Waals surface area contributed by atoms with Gasteiger partial charge in [0.25, 0.3) is 0 Å². The lowest BCUT2D eigenvalue weighted by Gasteiger charge is -2.26. The standard InChI is InChI=1S/C12H18N4O3S/c1-2-10-16(9(6-20-10)11(17)18)12(19)14-4-3-8-5-13-7-15-8/h5,7,9-10H,2-4,6H2,1H3,(H,13,15)(H,14,19)(H,17,18). The first-order valence-corrected chi connectivity index (χ1v) is 7.56. The summed E-state index contributed by atoms with van der Waals surface area (Å²) in [5.41, 5.74) is 0.933. The normalized spacial score (nSPS) is 21.9. The van der Waals surface area contributed by atoms with E-state index in [2.05, 4.69) is 15.3 Å². The Morgan fingerprint density at radius 3 is 3.05 bits per heavy atom. The van der Waals surface area contributed by atoms with E-state index in [9.17, 15) is 14.7 Å². The van der Waals surface area contributed by atoms with E-state index in [1.165, 1.54) is 16.7 Å². The molecule has 0 saturated carbocycles. The number of aromatic nitrogens is 2. The van der Waals surface area contributed by atoms with Gasteiger partial charge in [0.05, 0.1) is 11.7 Å². The van der Waals surface area contributed by atoms with Gasteiger partial charge in [-0.3, -0.25) is 4.90 Å². The van der Waals surface area contributed by atoms with Crippen LogP contribution in [0.25, 0.3) is 0 Å². The number of urea groups is 1. The molecule has 2 heterocycles. The Hall–Kier alpha value is -1.70. The number of H-pyrrole nitrogens is 1. The smallest absolute Gasteiger partial charge is 0.327 e. The first-order valence-electron chi connectivity index (χ1n) is 6.51. The van der Waals surface area contributed by atoms with Crippen LogP contribution >= 0.6 is 11.8 Å². The second-order valence-corrected chi connectivity index (χ2v) is 5.73. The summed E-state index contributed by atoms with van der Waals surface area (Å²) in [7, 11) is 0. The molecule has 2 rings (SSSR count). The van der Waals surface area contributed by atoms with E-state index in [-0.39, 0.29) is 11.4 Å². The number of amides is 2. The van der Waals surface area contributed by atoms with Crippen molar-refractivity contribution < 1.29 is 14.7 Å². The molecule has 20 heavy (non-hydrogen) atoms. The van der Waals surface area contributed by atoms with Crippen molar-refractivity contribution in [1.82, 2.24) is 20.2 Å². The number of rotatable bonds is 5. The maximum atomic E-state index is 12.2. The van der Waals surface area contributed by atoms with E-state index in [0.717, 1.165) is 12.1 Å². The first-order chi connectivity index (χ1) is 9.63. The third-order valence-corrected chi connectivity index (χ3v) is 4.64. The number of carbonyl (C=O) groups is 2. The van der Waals surface area contributed by atoms with E-state index < -0.39 is 12.0 Å². The Bertz CT molecular complexity index is 465. The van der Waals surface area contributed by atoms with Gasteiger partial charge in [0.2, 0.25) is 0 Å². The minimum absolute atomic E-state index is 0.0664. The lowest BCUT2D eigenvalue weighted by Crippen LogP contribution is -2.50. The lowest BCUT2D eigenvalue weighted by molar-refractivity contribution is -0.141. The van der Waals surface area contributed by atoms with Crippen molar-refractivity contribution in [2.24, 2.45) is 0 Å². The van der Waals surface area contributed by atoms with Crippen molar-refractivity contribution in [3.05, 3.63) is 18.2 Å². The average Bonchev–Trinajstić information content (AvgIpc) is 3.07. The molecule has 0 bridgehead atoms. The highest BCUT2D eigenvalue weighted by atomic mass is 32.2. The SMILES string of the molecule is CCC1SCC(C(=O)O)N1C(=O)NCCc1cnc[nH]1. The second-order valence-electron chi connectivity index (χ2n) is 4.52. The van der Waals surface area contributed by atoms with Gasteiger partial charge in [-0.15, -0.1) is 11.8 Å². The van der Waals surface area contributed by atoms with Crippen molar-refractivity contribution in [3.63, 3.8) is 0 Å². The minimum atomic E-state index is -0.947. The summed E-state index contributed by atoms with van der Waals surface area (Å²) in [6, 6.07) is -1.05. The van der Waals surface area contributed by atoms with Crippen LogP contribution in [-0.4, -0.2) is 55.7 Å². The predicted molar refractivity (Wildman–Crippen MR) is 75.5 cm³/mol. The Morgan fingerprint density at radius 2 is 2.45 bits per heavy atom. The molecule has 7 nitrogen and oxygen atoms in total. The maximum Gasteiger partial charge on any atom is 0.327 e. The second kappa shape index (κ2) is 6.65. The molecule has 0 radical (unpaired) electrons. The van der Waals surface area contributed by atoms with Crippen molar-refractivity contribution in [1.29, 1.82) is 0 Å². The quantitative estimate of drug-likeness (QED) is 0.750. The molecule has 0 aliphatic carbocycles. The molecule has 1 aromatic heterocycles. The Balaban J connectivity index is 1.90. The number of imidazole rings is 1. The summed E-state index contributed by atoms with van der Waals surface area (Å²) in [4.78, 5) is 31.7. The molecule has 2 amide bonds. The fraction of sp³-hybridized carbons (Fsp3) is 0.583. The van der Waals surface area contributed by atoms with Crippen LogP contribution < -0.4 is 5.32 Å². The molecule has 1 saturated heterocycles. The number of hydrogen-bond donors (Lipinski definition) is 3. The molecule has 0 spiro atoms. The number of carboxylic acid groups (broad SMARTS) is 1. The predicted octanol–water partition coefficient (Wildman–Crippen LogP) is 0.900. The fourth-order valence-electron chi connectivity index (χ4n) is 2.16. The van der Waals surface area contributed by atoms with Crippen LogP contribution in [0.15, 0.2) is 12.5 Å². The van der Waals surface area contributed by atoms with Crippen LogP contribution in [0.2, 0.25) is 0 Å². The van der Waals surface area contributed by atoms with Gasteiger partial charge in [-0.1, -0.05) is 6.92 Å². The van der Waals surface area contributed by atoms with Crippen molar-refractivity contribution in [3.8, 4) is 0 Å². The highest BCUT2D eigenvalue weighted by Crippen LogP contribution is 2.31. The van der Waals surface area contributed by atoms with Crippen LogP contribution in [0.5, 0.6) is 0 Å². The molecule has 1 aliphatic heterocycles. The van der Waals surface area contributed by atoms with Gasteiger partial charge >= 0.3 is 12.0 Å². The summed E-state index contributed by atoms with van der Waals surface area (Å²) >= 11 is 1.51. The van der Waals surface area contributed by atoms with E-state index in [0.29, 0.717) is 18.7 Å². The number of nitrogens with zero attached hydrogens (tertiary/aromatic N) is 2. The molecule has 3 N–H and O–H groups in total. The van der Waals surface area contributed by atoms with Crippen molar-refractivity contribution >= 4 is 23.8 Å². The summed E-state index contributed by atoms with van der Waals surface area (Å²) in [5.74, 6) is -0.501. The van der Waals surface area contributed by atoms with E-state index in [4.69, 9.17) is 0 Å². The number of hydrogen-bond acceptors (Lipinski definition) is 4. The van der Waals surface area contributed by atoms with Crippen LogP contribution in [0.4, 0.5) is 4.79 Å². The van der Waals surface area contributed by atoms with Crippen molar-refractivity contribution in [2.75, 3.05) is 12.3 Å². The third kappa shape index (κ3) is 3.24. The number of carbonyl (C=O) groups excluding carboxylic acids is 1. The summed E-state index contributed by atoms with van der Waals surface area (Å²) in [6.45, 7) is 2.40. The maximum absolute atomic E-state index is 12.2. The lowest BCUT2D eigenvalue weighted by atomic mass is 10.2. The van der Waals surface area contributed by atoms with E-state index in [1.807, 2.05) is 6.92 Å².